The average molecular weight is 268 g/mol. The van der Waals surface area contributed by atoms with Crippen LogP contribution in [0.2, 0.25) is 0 Å². The van der Waals surface area contributed by atoms with Crippen molar-refractivity contribution >= 4 is 0 Å². The first-order valence-electron chi connectivity index (χ1n) is 7.61. The molecule has 1 heterocycles. The summed E-state index contributed by atoms with van der Waals surface area (Å²) in [5.74, 6) is 1.53. The molecule has 0 amide bonds. The first-order valence-corrected chi connectivity index (χ1v) is 7.61. The Balaban J connectivity index is 1.77. The number of rotatable bonds is 7. The largest absolute Gasteiger partial charge is 0.394 e. The smallest absolute Gasteiger partial charge is 0.0697 e. The van der Waals surface area contributed by atoms with Crippen molar-refractivity contribution in [2.75, 3.05) is 46.5 Å². The number of aliphatic hydroxyl groups is 1. The highest BCUT2D eigenvalue weighted by molar-refractivity contribution is 5.07. The number of likely N-dealkylation sites (tertiary alicyclic amines) is 1. The first kappa shape index (κ1) is 14.8. The quantitative estimate of drug-likeness (QED) is 0.682. The lowest BCUT2D eigenvalue weighted by Crippen LogP contribution is -2.34. The Kier molecular flexibility index (Phi) is 6.14. The van der Waals surface area contributed by atoms with Crippen LogP contribution in [0.3, 0.4) is 0 Å². The van der Waals surface area contributed by atoms with Gasteiger partial charge in [0.1, 0.15) is 0 Å². The molecular weight excluding hydrogens is 240 g/mol. The van der Waals surface area contributed by atoms with Crippen molar-refractivity contribution in [2.24, 2.45) is 11.8 Å². The van der Waals surface area contributed by atoms with E-state index in [9.17, 15) is 0 Å². The molecule has 2 N–H and O–H groups in total. The summed E-state index contributed by atoms with van der Waals surface area (Å²) in [4.78, 5) is 2.60. The molecule has 0 aromatic rings. The van der Waals surface area contributed by atoms with Gasteiger partial charge in [-0.2, -0.15) is 0 Å². The van der Waals surface area contributed by atoms with Crippen molar-refractivity contribution in [1.82, 2.24) is 10.2 Å². The van der Waals surface area contributed by atoms with Crippen LogP contribution in [0.25, 0.3) is 0 Å². The normalized spacial score (nSPS) is 27.8. The predicted octanol–water partition coefficient (Wildman–Crippen LogP) is 1.22. The zero-order chi connectivity index (χ0) is 13.5. The van der Waals surface area contributed by atoms with Gasteiger partial charge in [-0.3, -0.25) is 0 Å². The molecule has 2 aliphatic rings. The highest BCUT2D eigenvalue weighted by atomic mass is 16.5. The molecule has 1 aliphatic heterocycles. The van der Waals surface area contributed by atoms with E-state index < -0.39 is 0 Å². The van der Waals surface area contributed by atoms with Gasteiger partial charge in [-0.25, -0.2) is 0 Å². The van der Waals surface area contributed by atoms with Gasteiger partial charge in [0.05, 0.1) is 13.2 Å². The summed E-state index contributed by atoms with van der Waals surface area (Å²) in [6.07, 6.45) is 7.44. The van der Waals surface area contributed by atoms with E-state index in [1.165, 1.54) is 38.0 Å². The maximum Gasteiger partial charge on any atom is 0.0697 e. The standard InChI is InChI=1S/C15H28N2O2/c1-16-15-9-13-3-4-14(10-15)12-17(11-13)5-2-7-19-8-6-18/h9,13-14,16,18H,2-8,10-12H2,1H3. The Labute approximate surface area is 116 Å². The fourth-order valence-corrected chi connectivity index (χ4v) is 3.29. The van der Waals surface area contributed by atoms with Crippen LogP contribution in [-0.2, 0) is 4.74 Å². The maximum absolute atomic E-state index is 8.66. The first-order chi connectivity index (χ1) is 9.31. The molecule has 0 aromatic carbocycles. The number of nitrogens with one attached hydrogen (secondary N) is 1. The van der Waals surface area contributed by atoms with Crippen molar-refractivity contribution in [3.05, 3.63) is 11.8 Å². The van der Waals surface area contributed by atoms with Crippen molar-refractivity contribution < 1.29 is 9.84 Å². The minimum absolute atomic E-state index is 0.130. The van der Waals surface area contributed by atoms with Crippen LogP contribution in [0.4, 0.5) is 0 Å². The van der Waals surface area contributed by atoms with Gasteiger partial charge in [-0.15, -0.1) is 0 Å². The van der Waals surface area contributed by atoms with E-state index in [4.69, 9.17) is 9.84 Å². The van der Waals surface area contributed by atoms with Crippen LogP contribution in [0.1, 0.15) is 25.7 Å². The molecule has 19 heavy (non-hydrogen) atoms. The third kappa shape index (κ3) is 4.79. The topological polar surface area (TPSA) is 44.7 Å². The molecule has 2 rings (SSSR count). The molecule has 1 aliphatic carbocycles. The van der Waals surface area contributed by atoms with E-state index >= 15 is 0 Å². The zero-order valence-electron chi connectivity index (χ0n) is 12.1. The number of hydrogen-bond donors (Lipinski definition) is 2. The van der Waals surface area contributed by atoms with Gasteiger partial charge in [0.2, 0.25) is 0 Å². The minimum Gasteiger partial charge on any atom is -0.394 e. The summed E-state index contributed by atoms with van der Waals surface area (Å²) >= 11 is 0. The van der Waals surface area contributed by atoms with Crippen molar-refractivity contribution in [1.29, 1.82) is 0 Å². The number of aliphatic hydroxyl groups excluding tert-OH is 1. The monoisotopic (exact) mass is 268 g/mol. The molecule has 110 valence electrons. The highest BCUT2D eigenvalue weighted by Gasteiger charge is 2.26. The van der Waals surface area contributed by atoms with Gasteiger partial charge in [-0.05, 0) is 37.5 Å². The molecule has 0 aromatic heterocycles. The molecule has 2 bridgehead atoms. The molecule has 4 heteroatoms. The lowest BCUT2D eigenvalue weighted by molar-refractivity contribution is 0.0830. The third-order valence-electron chi connectivity index (χ3n) is 4.22. The van der Waals surface area contributed by atoms with Crippen LogP contribution in [0.15, 0.2) is 11.8 Å². The minimum atomic E-state index is 0.130. The number of allylic oxidation sites excluding steroid dienone is 1. The Morgan fingerprint density at radius 1 is 1.37 bits per heavy atom. The summed E-state index contributed by atoms with van der Waals surface area (Å²) in [5.41, 5.74) is 1.44. The molecule has 0 spiro atoms. The van der Waals surface area contributed by atoms with Gasteiger partial charge >= 0.3 is 0 Å². The molecule has 4 nitrogen and oxygen atoms in total. The summed E-state index contributed by atoms with van der Waals surface area (Å²) in [6, 6.07) is 0. The second kappa shape index (κ2) is 7.88. The lowest BCUT2D eigenvalue weighted by Gasteiger charge is -2.28. The average Bonchev–Trinajstić information content (AvgIpc) is 2.70. The molecule has 0 saturated carbocycles. The Bertz CT molecular complexity index is 294. The Hall–Kier alpha value is -0.580. The lowest BCUT2D eigenvalue weighted by atomic mass is 9.99. The number of ether oxygens (including phenoxy) is 1. The Morgan fingerprint density at radius 2 is 2.26 bits per heavy atom. The van der Waals surface area contributed by atoms with E-state index in [0.717, 1.165) is 25.5 Å². The predicted molar refractivity (Wildman–Crippen MR) is 76.9 cm³/mol. The molecule has 2 atom stereocenters. The summed E-state index contributed by atoms with van der Waals surface area (Å²) in [5, 5.41) is 12.0. The van der Waals surface area contributed by atoms with Crippen molar-refractivity contribution in [3.8, 4) is 0 Å². The van der Waals surface area contributed by atoms with Gasteiger partial charge in [0.15, 0.2) is 0 Å². The SMILES string of the molecule is CNC1=CC2CCC(C1)CN(CCCOCCO)C2. The van der Waals surface area contributed by atoms with Crippen molar-refractivity contribution in [3.63, 3.8) is 0 Å². The van der Waals surface area contributed by atoms with E-state index in [-0.39, 0.29) is 6.61 Å². The number of fused-ring (bicyclic) bond motifs is 3. The van der Waals surface area contributed by atoms with Crippen LogP contribution in [-0.4, -0.2) is 56.5 Å². The molecule has 1 fully saturated rings. The van der Waals surface area contributed by atoms with Gasteiger partial charge in [0.25, 0.3) is 0 Å². The van der Waals surface area contributed by atoms with E-state index in [1.807, 2.05) is 7.05 Å². The highest BCUT2D eigenvalue weighted by Crippen LogP contribution is 2.30. The summed E-state index contributed by atoms with van der Waals surface area (Å²) < 4.78 is 5.33. The fraction of sp³-hybridized carbons (Fsp3) is 0.867. The van der Waals surface area contributed by atoms with E-state index in [2.05, 4.69) is 16.3 Å². The summed E-state index contributed by atoms with van der Waals surface area (Å²) in [6.45, 7) is 4.92. The molecular formula is C15H28N2O2. The molecule has 2 unspecified atom stereocenters. The van der Waals surface area contributed by atoms with Crippen LogP contribution in [0, 0.1) is 11.8 Å². The van der Waals surface area contributed by atoms with Gasteiger partial charge < -0.3 is 20.1 Å². The van der Waals surface area contributed by atoms with Crippen LogP contribution >= 0.6 is 0 Å². The summed E-state index contributed by atoms with van der Waals surface area (Å²) in [7, 11) is 2.04. The van der Waals surface area contributed by atoms with Crippen LogP contribution < -0.4 is 5.32 Å². The third-order valence-corrected chi connectivity index (χ3v) is 4.22. The van der Waals surface area contributed by atoms with Gasteiger partial charge in [0, 0.05) is 39.0 Å². The van der Waals surface area contributed by atoms with Crippen LogP contribution in [0.5, 0.6) is 0 Å². The fourth-order valence-electron chi connectivity index (χ4n) is 3.29. The van der Waals surface area contributed by atoms with E-state index in [0.29, 0.717) is 12.5 Å². The van der Waals surface area contributed by atoms with E-state index in [1.54, 1.807) is 0 Å². The second-order valence-corrected chi connectivity index (χ2v) is 5.80. The number of hydrogen-bond acceptors (Lipinski definition) is 4. The van der Waals surface area contributed by atoms with Gasteiger partial charge in [-0.1, -0.05) is 6.08 Å². The molecule has 1 saturated heterocycles. The van der Waals surface area contributed by atoms with Crippen molar-refractivity contribution in [2.45, 2.75) is 25.7 Å². The molecule has 0 radical (unpaired) electrons. The second-order valence-electron chi connectivity index (χ2n) is 5.80. The number of nitrogens with zero attached hydrogens (tertiary/aromatic N) is 1. The zero-order valence-corrected chi connectivity index (χ0v) is 12.1. The Morgan fingerprint density at radius 3 is 3.05 bits per heavy atom. The maximum atomic E-state index is 8.66.